The Morgan fingerprint density at radius 1 is 1.06 bits per heavy atom. The number of nitro groups is 1. The van der Waals surface area contributed by atoms with Gasteiger partial charge in [-0.3, -0.25) is 10.1 Å². The predicted octanol–water partition coefficient (Wildman–Crippen LogP) is 6.02. The lowest BCUT2D eigenvalue weighted by Gasteiger charge is -2.50. The number of nitro benzene ring substituents is 1. The topological polar surface area (TPSA) is 97.1 Å². The molecule has 186 valence electrons. The minimum absolute atomic E-state index is 0.0719. The summed E-state index contributed by atoms with van der Waals surface area (Å²) >= 11 is 0. The largest absolute Gasteiger partial charge is 0.519 e. The number of carbonyl (C=O) groups excluding carboxylic acids is 1. The molecule has 35 heavy (non-hydrogen) atoms. The molecule has 5 atom stereocenters. The Balaban J connectivity index is 1.25. The molecule has 0 aliphatic heterocycles. The zero-order valence-electron chi connectivity index (χ0n) is 20.1. The number of non-ortho nitro benzene ring substituents is 1. The first-order chi connectivity index (χ1) is 16.9. The van der Waals surface area contributed by atoms with E-state index in [4.69, 9.17) is 18.9 Å². The van der Waals surface area contributed by atoms with Gasteiger partial charge in [-0.25, -0.2) is 4.79 Å². The van der Waals surface area contributed by atoms with Gasteiger partial charge >= 0.3 is 6.16 Å². The van der Waals surface area contributed by atoms with Gasteiger partial charge in [0.15, 0.2) is 0 Å². The van der Waals surface area contributed by atoms with Gasteiger partial charge in [0.2, 0.25) is 0 Å². The molecule has 0 radical (unpaired) electrons. The molecule has 1 unspecified atom stereocenters. The standard InChI is InChI=1S/C27H31NO7/c1-27-14-13-22-21-10-8-20(35-26(29)34-19-6-4-18(5-7-19)28(30)31)15-17(21)3-9-23(22)24(27)11-12-25(27)33-16-32-2/h4-8,10,15,22-25H,3,9,11-14,16H2,1-2H3/t22-,23-,24+,25?,27+/m1/s1. The molecule has 2 aromatic rings. The van der Waals surface area contributed by atoms with E-state index in [1.54, 1.807) is 7.11 Å². The van der Waals surface area contributed by atoms with Crippen LogP contribution in [0.4, 0.5) is 10.5 Å². The minimum atomic E-state index is -0.867. The smallest absolute Gasteiger partial charge is 0.395 e. The predicted molar refractivity (Wildman–Crippen MR) is 128 cm³/mol. The highest BCUT2D eigenvalue weighted by atomic mass is 16.7. The van der Waals surface area contributed by atoms with E-state index >= 15 is 0 Å². The molecular weight excluding hydrogens is 450 g/mol. The SMILES string of the molecule is COCOC1CC[C@H]2[C@@H]3CCc4cc(OC(=O)Oc5ccc([N+](=O)[O-])cc5)ccc4[C@H]3CC[C@]12C. The minimum Gasteiger partial charge on any atom is -0.395 e. The van der Waals surface area contributed by atoms with E-state index in [9.17, 15) is 14.9 Å². The molecule has 0 saturated heterocycles. The monoisotopic (exact) mass is 481 g/mol. The van der Waals surface area contributed by atoms with E-state index in [1.807, 2.05) is 12.1 Å². The molecule has 0 bridgehead atoms. The summed E-state index contributed by atoms with van der Waals surface area (Å²) in [6.45, 7) is 2.77. The Kier molecular flexibility index (Phi) is 6.51. The molecule has 8 heteroatoms. The fourth-order valence-corrected chi connectivity index (χ4v) is 6.85. The number of carbonyl (C=O) groups is 1. The van der Waals surface area contributed by atoms with Gasteiger partial charge in [-0.1, -0.05) is 13.0 Å². The van der Waals surface area contributed by atoms with Gasteiger partial charge < -0.3 is 18.9 Å². The average molecular weight is 482 g/mol. The van der Waals surface area contributed by atoms with Crippen LogP contribution in [0.2, 0.25) is 0 Å². The molecule has 8 nitrogen and oxygen atoms in total. The molecule has 3 aliphatic carbocycles. The van der Waals surface area contributed by atoms with Crippen molar-refractivity contribution in [2.45, 2.75) is 57.5 Å². The summed E-state index contributed by atoms with van der Waals surface area (Å²) in [5.41, 5.74) is 2.75. The van der Waals surface area contributed by atoms with Gasteiger partial charge in [-0.15, -0.1) is 0 Å². The maximum Gasteiger partial charge on any atom is 0.519 e. The fourth-order valence-electron chi connectivity index (χ4n) is 6.85. The number of rotatable bonds is 6. The summed E-state index contributed by atoms with van der Waals surface area (Å²) in [6, 6.07) is 11.2. The van der Waals surface area contributed by atoms with Crippen LogP contribution in [0, 0.1) is 27.4 Å². The third-order valence-electron chi connectivity index (χ3n) is 8.45. The highest BCUT2D eigenvalue weighted by Crippen LogP contribution is 2.61. The van der Waals surface area contributed by atoms with Crippen LogP contribution in [0.15, 0.2) is 42.5 Å². The first-order valence-corrected chi connectivity index (χ1v) is 12.3. The van der Waals surface area contributed by atoms with Gasteiger partial charge in [0.25, 0.3) is 5.69 Å². The van der Waals surface area contributed by atoms with Crippen molar-refractivity contribution in [3.63, 3.8) is 0 Å². The van der Waals surface area contributed by atoms with Crippen LogP contribution in [0.5, 0.6) is 11.5 Å². The summed E-state index contributed by atoms with van der Waals surface area (Å²) in [7, 11) is 1.68. The molecule has 0 amide bonds. The molecule has 0 spiro atoms. The molecule has 0 N–H and O–H groups in total. The second kappa shape index (κ2) is 9.59. The molecule has 0 heterocycles. The van der Waals surface area contributed by atoms with Gasteiger partial charge in [0.1, 0.15) is 18.3 Å². The number of methoxy groups -OCH3 is 1. The summed E-state index contributed by atoms with van der Waals surface area (Å²) in [4.78, 5) is 22.5. The Labute approximate surface area is 204 Å². The van der Waals surface area contributed by atoms with Gasteiger partial charge in [-0.2, -0.15) is 0 Å². The summed E-state index contributed by atoms with van der Waals surface area (Å²) in [5, 5.41) is 10.8. The van der Waals surface area contributed by atoms with Crippen LogP contribution in [0.25, 0.3) is 0 Å². The molecule has 3 aliphatic rings. The number of hydrogen-bond acceptors (Lipinski definition) is 7. The normalized spacial score (nSPS) is 29.0. The van der Waals surface area contributed by atoms with Crippen molar-refractivity contribution in [2.24, 2.45) is 17.3 Å². The fraction of sp³-hybridized carbons (Fsp3) is 0.519. The number of aryl methyl sites for hydroxylation is 1. The third kappa shape index (κ3) is 4.52. The highest BCUT2D eigenvalue weighted by molar-refractivity contribution is 5.67. The molecular formula is C27H31NO7. The Morgan fingerprint density at radius 2 is 1.80 bits per heavy atom. The molecule has 2 saturated carbocycles. The van der Waals surface area contributed by atoms with E-state index in [1.165, 1.54) is 41.8 Å². The summed E-state index contributed by atoms with van der Waals surface area (Å²) < 4.78 is 21.8. The Morgan fingerprint density at radius 3 is 2.54 bits per heavy atom. The number of benzene rings is 2. The first-order valence-electron chi connectivity index (χ1n) is 12.3. The average Bonchev–Trinajstić information content (AvgIpc) is 3.18. The zero-order chi connectivity index (χ0) is 24.6. The van der Waals surface area contributed by atoms with Crippen molar-refractivity contribution < 1.29 is 28.7 Å². The van der Waals surface area contributed by atoms with E-state index in [0.717, 1.165) is 32.1 Å². The lowest BCUT2D eigenvalue weighted by Crippen LogP contribution is -2.44. The van der Waals surface area contributed by atoms with Crippen molar-refractivity contribution in [3.05, 3.63) is 63.7 Å². The molecule has 0 aromatic heterocycles. The van der Waals surface area contributed by atoms with Gasteiger partial charge in [0.05, 0.1) is 11.0 Å². The highest BCUT2D eigenvalue weighted by Gasteiger charge is 2.55. The second-order valence-corrected chi connectivity index (χ2v) is 10.2. The van der Waals surface area contributed by atoms with Crippen LogP contribution < -0.4 is 9.47 Å². The van der Waals surface area contributed by atoms with Gasteiger partial charge in [-0.05, 0) is 97.1 Å². The van der Waals surface area contributed by atoms with Crippen LogP contribution in [0.1, 0.15) is 56.1 Å². The third-order valence-corrected chi connectivity index (χ3v) is 8.45. The van der Waals surface area contributed by atoms with E-state index < -0.39 is 11.1 Å². The van der Waals surface area contributed by atoms with Crippen LogP contribution in [0.3, 0.4) is 0 Å². The zero-order valence-corrected chi connectivity index (χ0v) is 20.1. The van der Waals surface area contributed by atoms with Crippen molar-refractivity contribution in [3.8, 4) is 11.5 Å². The van der Waals surface area contributed by atoms with E-state index in [-0.39, 0.29) is 23.0 Å². The quantitative estimate of drug-likeness (QED) is 0.164. The van der Waals surface area contributed by atoms with Gasteiger partial charge in [0, 0.05) is 19.2 Å². The summed E-state index contributed by atoms with van der Waals surface area (Å²) in [5.74, 6) is 2.47. The molecule has 5 rings (SSSR count). The van der Waals surface area contributed by atoms with Crippen molar-refractivity contribution in [1.82, 2.24) is 0 Å². The van der Waals surface area contributed by atoms with Crippen LogP contribution in [-0.4, -0.2) is 31.1 Å². The maximum atomic E-state index is 12.3. The maximum absolute atomic E-state index is 12.3. The van der Waals surface area contributed by atoms with Crippen molar-refractivity contribution in [2.75, 3.05) is 13.9 Å². The Bertz CT molecular complexity index is 1100. The van der Waals surface area contributed by atoms with Crippen LogP contribution in [-0.2, 0) is 15.9 Å². The lowest BCUT2D eigenvalue weighted by molar-refractivity contribution is -0.384. The van der Waals surface area contributed by atoms with Crippen molar-refractivity contribution >= 4 is 11.8 Å². The van der Waals surface area contributed by atoms with E-state index in [2.05, 4.69) is 13.0 Å². The number of nitrogens with zero attached hydrogens (tertiary/aromatic N) is 1. The first kappa shape index (κ1) is 23.8. The Hall–Kier alpha value is -2.97. The molecule has 2 fully saturated rings. The number of hydrogen-bond donors (Lipinski definition) is 0. The molecule has 2 aromatic carbocycles. The summed E-state index contributed by atoms with van der Waals surface area (Å²) in [6.07, 6.45) is 6.09. The lowest BCUT2D eigenvalue weighted by atomic mass is 9.55. The number of fused-ring (bicyclic) bond motifs is 5. The van der Waals surface area contributed by atoms with Crippen LogP contribution >= 0.6 is 0 Å². The second-order valence-electron chi connectivity index (χ2n) is 10.2. The number of ether oxygens (including phenoxy) is 4. The van der Waals surface area contributed by atoms with Crippen molar-refractivity contribution in [1.29, 1.82) is 0 Å². The van der Waals surface area contributed by atoms with E-state index in [0.29, 0.717) is 30.3 Å².